The molecule has 0 aromatic heterocycles. The molecule has 1 fully saturated rings. The molecule has 0 spiro atoms. The van der Waals surface area contributed by atoms with Gasteiger partial charge >= 0.3 is 6.03 Å². The molecular weight excluding hydrogens is 300 g/mol. The molecule has 0 unspecified atom stereocenters. The lowest BCUT2D eigenvalue weighted by atomic mass is 9.99. The standard InChI is InChI=1S/C20H24N2O2/c1-3-24-17-12-10-16(11-13-17)21-20(23)22-14-6-9-19(22)18-8-5-4-7-15(18)2/h4-5,7-8,10-13,19H,3,6,9,14H2,1-2H3,(H,21,23)/t19-/m1/s1. The van der Waals surface area contributed by atoms with Gasteiger partial charge in [0, 0.05) is 12.2 Å². The molecule has 2 aromatic rings. The number of carbonyl (C=O) groups excluding carboxylic acids is 1. The second-order valence-electron chi connectivity index (χ2n) is 6.10. The maximum atomic E-state index is 12.7. The van der Waals surface area contributed by atoms with Crippen LogP contribution in [0.3, 0.4) is 0 Å². The Morgan fingerprint density at radius 2 is 1.96 bits per heavy atom. The third kappa shape index (κ3) is 3.53. The monoisotopic (exact) mass is 324 g/mol. The second-order valence-corrected chi connectivity index (χ2v) is 6.10. The van der Waals surface area contributed by atoms with Crippen molar-refractivity contribution in [3.8, 4) is 5.75 Å². The van der Waals surface area contributed by atoms with Crippen molar-refractivity contribution in [2.75, 3.05) is 18.5 Å². The van der Waals surface area contributed by atoms with Gasteiger partial charge in [-0.05, 0) is 62.1 Å². The molecule has 2 aromatic carbocycles. The van der Waals surface area contributed by atoms with E-state index in [-0.39, 0.29) is 12.1 Å². The van der Waals surface area contributed by atoms with Crippen molar-refractivity contribution in [3.05, 3.63) is 59.7 Å². The summed E-state index contributed by atoms with van der Waals surface area (Å²) in [5, 5.41) is 3.00. The van der Waals surface area contributed by atoms with Gasteiger partial charge in [-0.3, -0.25) is 0 Å². The van der Waals surface area contributed by atoms with E-state index >= 15 is 0 Å². The van der Waals surface area contributed by atoms with E-state index in [0.717, 1.165) is 30.8 Å². The van der Waals surface area contributed by atoms with Crippen molar-refractivity contribution in [1.82, 2.24) is 4.90 Å². The van der Waals surface area contributed by atoms with E-state index in [2.05, 4.69) is 24.4 Å². The lowest BCUT2D eigenvalue weighted by Crippen LogP contribution is -2.34. The number of likely N-dealkylation sites (tertiary alicyclic amines) is 1. The first-order valence-electron chi connectivity index (χ1n) is 8.55. The van der Waals surface area contributed by atoms with Crippen LogP contribution in [0.1, 0.15) is 36.9 Å². The highest BCUT2D eigenvalue weighted by atomic mass is 16.5. The van der Waals surface area contributed by atoms with Gasteiger partial charge in [-0.2, -0.15) is 0 Å². The van der Waals surface area contributed by atoms with Crippen LogP contribution < -0.4 is 10.1 Å². The summed E-state index contributed by atoms with van der Waals surface area (Å²) in [4.78, 5) is 14.6. The van der Waals surface area contributed by atoms with Gasteiger partial charge in [0.05, 0.1) is 12.6 Å². The number of nitrogens with zero attached hydrogens (tertiary/aromatic N) is 1. The van der Waals surface area contributed by atoms with Crippen LogP contribution in [0.5, 0.6) is 5.75 Å². The molecule has 4 heteroatoms. The maximum absolute atomic E-state index is 12.7. The molecule has 0 saturated carbocycles. The lowest BCUT2D eigenvalue weighted by Gasteiger charge is -2.26. The zero-order valence-corrected chi connectivity index (χ0v) is 14.3. The summed E-state index contributed by atoms with van der Waals surface area (Å²) in [7, 11) is 0. The van der Waals surface area contributed by atoms with Gasteiger partial charge in [-0.15, -0.1) is 0 Å². The van der Waals surface area contributed by atoms with Gasteiger partial charge in [0.1, 0.15) is 5.75 Å². The third-order valence-corrected chi connectivity index (χ3v) is 4.48. The fourth-order valence-electron chi connectivity index (χ4n) is 3.29. The fourth-order valence-corrected chi connectivity index (χ4v) is 3.29. The Kier molecular flexibility index (Phi) is 5.04. The van der Waals surface area contributed by atoms with Crippen molar-refractivity contribution < 1.29 is 9.53 Å². The quantitative estimate of drug-likeness (QED) is 0.880. The van der Waals surface area contributed by atoms with Crippen molar-refractivity contribution in [2.24, 2.45) is 0 Å². The minimum absolute atomic E-state index is 0.0371. The fraction of sp³-hybridized carbons (Fsp3) is 0.350. The normalized spacial score (nSPS) is 16.9. The number of anilines is 1. The minimum Gasteiger partial charge on any atom is -0.494 e. The molecule has 0 radical (unpaired) electrons. The Morgan fingerprint density at radius 3 is 2.67 bits per heavy atom. The number of amides is 2. The van der Waals surface area contributed by atoms with Crippen LogP contribution in [0.4, 0.5) is 10.5 Å². The molecular formula is C20H24N2O2. The molecule has 126 valence electrons. The summed E-state index contributed by atoms with van der Waals surface area (Å²) >= 11 is 0. The molecule has 1 N–H and O–H groups in total. The lowest BCUT2D eigenvalue weighted by molar-refractivity contribution is 0.207. The molecule has 0 bridgehead atoms. The average Bonchev–Trinajstić information content (AvgIpc) is 3.07. The number of nitrogens with one attached hydrogen (secondary N) is 1. The first-order chi connectivity index (χ1) is 11.7. The van der Waals surface area contributed by atoms with Crippen LogP contribution in [0.2, 0.25) is 0 Å². The summed E-state index contributed by atoms with van der Waals surface area (Å²) in [6, 6.07) is 16.0. The predicted octanol–water partition coefficient (Wildman–Crippen LogP) is 4.76. The van der Waals surface area contributed by atoms with Gasteiger partial charge < -0.3 is 15.0 Å². The van der Waals surface area contributed by atoms with Crippen LogP contribution in [-0.4, -0.2) is 24.1 Å². The zero-order valence-electron chi connectivity index (χ0n) is 14.3. The summed E-state index contributed by atoms with van der Waals surface area (Å²) in [5.41, 5.74) is 3.28. The Hall–Kier alpha value is -2.49. The molecule has 4 nitrogen and oxygen atoms in total. The second kappa shape index (κ2) is 7.39. The average molecular weight is 324 g/mol. The summed E-state index contributed by atoms with van der Waals surface area (Å²) in [6.45, 7) is 5.49. The van der Waals surface area contributed by atoms with E-state index < -0.39 is 0 Å². The molecule has 24 heavy (non-hydrogen) atoms. The Morgan fingerprint density at radius 1 is 1.21 bits per heavy atom. The highest BCUT2D eigenvalue weighted by molar-refractivity contribution is 5.89. The number of ether oxygens (including phenoxy) is 1. The first kappa shape index (κ1) is 16.4. The highest BCUT2D eigenvalue weighted by Crippen LogP contribution is 2.34. The SMILES string of the molecule is CCOc1ccc(NC(=O)N2CCC[C@@H]2c2ccccc2C)cc1. The Bertz CT molecular complexity index is 697. The number of carbonyl (C=O) groups is 1. The largest absolute Gasteiger partial charge is 0.494 e. The summed E-state index contributed by atoms with van der Waals surface area (Å²) in [6.07, 6.45) is 2.05. The topological polar surface area (TPSA) is 41.6 Å². The van der Waals surface area contributed by atoms with Crippen LogP contribution in [0.15, 0.2) is 48.5 Å². The Balaban J connectivity index is 1.71. The van der Waals surface area contributed by atoms with Gasteiger partial charge in [0.25, 0.3) is 0 Å². The van der Waals surface area contributed by atoms with Crippen molar-refractivity contribution >= 4 is 11.7 Å². The van der Waals surface area contributed by atoms with Crippen LogP contribution in [0.25, 0.3) is 0 Å². The predicted molar refractivity (Wildman–Crippen MR) is 96.5 cm³/mol. The molecule has 1 saturated heterocycles. The molecule has 1 atom stereocenters. The highest BCUT2D eigenvalue weighted by Gasteiger charge is 2.30. The van der Waals surface area contributed by atoms with Gasteiger partial charge in [0.2, 0.25) is 0 Å². The van der Waals surface area contributed by atoms with Crippen LogP contribution in [-0.2, 0) is 0 Å². The molecule has 2 amide bonds. The first-order valence-corrected chi connectivity index (χ1v) is 8.55. The van der Waals surface area contributed by atoms with E-state index in [0.29, 0.717) is 6.61 Å². The number of hydrogen-bond donors (Lipinski definition) is 1. The minimum atomic E-state index is -0.0371. The number of aryl methyl sites for hydroxylation is 1. The van der Waals surface area contributed by atoms with E-state index in [9.17, 15) is 4.79 Å². The van der Waals surface area contributed by atoms with E-state index in [1.165, 1.54) is 11.1 Å². The van der Waals surface area contributed by atoms with Crippen molar-refractivity contribution in [1.29, 1.82) is 0 Å². The number of urea groups is 1. The molecule has 1 heterocycles. The number of benzene rings is 2. The maximum Gasteiger partial charge on any atom is 0.322 e. The van der Waals surface area contributed by atoms with Gasteiger partial charge in [-0.25, -0.2) is 4.79 Å². The van der Waals surface area contributed by atoms with Crippen molar-refractivity contribution in [3.63, 3.8) is 0 Å². The molecule has 1 aliphatic heterocycles. The van der Waals surface area contributed by atoms with Crippen molar-refractivity contribution in [2.45, 2.75) is 32.7 Å². The molecule has 1 aliphatic rings. The molecule has 0 aliphatic carbocycles. The van der Waals surface area contributed by atoms with Crippen LogP contribution >= 0.6 is 0 Å². The third-order valence-electron chi connectivity index (χ3n) is 4.48. The van der Waals surface area contributed by atoms with Gasteiger partial charge in [0.15, 0.2) is 0 Å². The smallest absolute Gasteiger partial charge is 0.322 e. The van der Waals surface area contributed by atoms with E-state index in [1.54, 1.807) is 0 Å². The number of hydrogen-bond acceptors (Lipinski definition) is 2. The number of rotatable bonds is 4. The van der Waals surface area contributed by atoms with Crippen LogP contribution in [0, 0.1) is 6.92 Å². The summed E-state index contributed by atoms with van der Waals surface area (Å²) < 4.78 is 5.43. The van der Waals surface area contributed by atoms with Gasteiger partial charge in [-0.1, -0.05) is 24.3 Å². The summed E-state index contributed by atoms with van der Waals surface area (Å²) in [5.74, 6) is 0.814. The molecule has 3 rings (SSSR count). The van der Waals surface area contributed by atoms with E-state index in [4.69, 9.17) is 4.74 Å². The Labute approximate surface area is 143 Å². The zero-order chi connectivity index (χ0) is 16.9. The van der Waals surface area contributed by atoms with E-state index in [1.807, 2.05) is 48.2 Å².